The SMILES string of the molecule is CNCCNC(=O)Cn1cc2cc(NC(=O)c3cccc(C(F)(F)F)n3)c(OCc3ccccc3)cc2n1. The summed E-state index contributed by atoms with van der Waals surface area (Å²) in [5.74, 6) is -0.806. The van der Waals surface area contributed by atoms with Crippen molar-refractivity contribution in [1.82, 2.24) is 25.4 Å². The van der Waals surface area contributed by atoms with Crippen LogP contribution in [0.25, 0.3) is 10.9 Å². The average molecular weight is 527 g/mol. The van der Waals surface area contributed by atoms with Gasteiger partial charge in [-0.1, -0.05) is 36.4 Å². The second-order valence-electron chi connectivity index (χ2n) is 8.32. The number of rotatable bonds is 10. The van der Waals surface area contributed by atoms with Crippen LogP contribution >= 0.6 is 0 Å². The first kappa shape index (κ1) is 26.6. The minimum Gasteiger partial charge on any atom is -0.487 e. The maximum Gasteiger partial charge on any atom is 0.433 e. The number of benzene rings is 2. The van der Waals surface area contributed by atoms with Crippen LogP contribution in [0.5, 0.6) is 5.75 Å². The second kappa shape index (κ2) is 11.7. The molecule has 2 amide bonds. The van der Waals surface area contributed by atoms with Crippen molar-refractivity contribution in [3.8, 4) is 5.75 Å². The molecule has 198 valence electrons. The van der Waals surface area contributed by atoms with Crippen LogP contribution in [0.2, 0.25) is 0 Å². The number of alkyl halides is 3. The van der Waals surface area contributed by atoms with Crippen molar-refractivity contribution in [3.05, 3.63) is 83.8 Å². The zero-order chi connectivity index (χ0) is 27.1. The minimum atomic E-state index is -4.69. The molecule has 4 rings (SSSR count). The number of halogens is 3. The van der Waals surface area contributed by atoms with Gasteiger partial charge in [0.1, 0.15) is 30.3 Å². The number of anilines is 1. The lowest BCUT2D eigenvalue weighted by molar-refractivity contribution is -0.141. The fraction of sp³-hybridized carbons (Fsp3) is 0.231. The number of hydrogen-bond donors (Lipinski definition) is 3. The number of aromatic nitrogens is 3. The Morgan fingerprint density at radius 3 is 2.55 bits per heavy atom. The molecule has 9 nitrogen and oxygen atoms in total. The average Bonchev–Trinajstić information content (AvgIpc) is 3.28. The van der Waals surface area contributed by atoms with Crippen LogP contribution in [-0.4, -0.2) is 46.7 Å². The molecule has 2 heterocycles. The summed E-state index contributed by atoms with van der Waals surface area (Å²) in [6.45, 7) is 1.24. The number of nitrogens with one attached hydrogen (secondary N) is 3. The molecule has 0 radical (unpaired) electrons. The first-order valence-electron chi connectivity index (χ1n) is 11.7. The first-order valence-corrected chi connectivity index (χ1v) is 11.7. The third-order valence-electron chi connectivity index (χ3n) is 5.41. The lowest BCUT2D eigenvalue weighted by atomic mass is 10.2. The summed E-state index contributed by atoms with van der Waals surface area (Å²) in [5.41, 5.74) is 0.0217. The molecular formula is C26H25F3N6O3. The zero-order valence-electron chi connectivity index (χ0n) is 20.4. The highest BCUT2D eigenvalue weighted by Gasteiger charge is 2.33. The van der Waals surface area contributed by atoms with Crippen molar-refractivity contribution in [1.29, 1.82) is 0 Å². The summed E-state index contributed by atoms with van der Waals surface area (Å²) in [6, 6.07) is 15.6. The normalized spacial score (nSPS) is 11.4. The lowest BCUT2D eigenvalue weighted by Gasteiger charge is -2.13. The van der Waals surface area contributed by atoms with E-state index in [4.69, 9.17) is 4.74 Å². The van der Waals surface area contributed by atoms with Crippen molar-refractivity contribution >= 4 is 28.4 Å². The number of fused-ring (bicyclic) bond motifs is 1. The van der Waals surface area contributed by atoms with Gasteiger partial charge in [-0.2, -0.15) is 18.3 Å². The Labute approximate surface area is 216 Å². The topological polar surface area (TPSA) is 110 Å². The van der Waals surface area contributed by atoms with Gasteiger partial charge in [-0.25, -0.2) is 4.98 Å². The Kier molecular flexibility index (Phi) is 8.22. The van der Waals surface area contributed by atoms with E-state index in [-0.39, 0.29) is 30.5 Å². The predicted molar refractivity (Wildman–Crippen MR) is 135 cm³/mol. The molecule has 2 aromatic carbocycles. The molecule has 0 saturated heterocycles. The van der Waals surface area contributed by atoms with Crippen LogP contribution in [0.1, 0.15) is 21.7 Å². The van der Waals surface area contributed by atoms with E-state index in [1.165, 1.54) is 10.7 Å². The molecule has 12 heteroatoms. The van der Waals surface area contributed by atoms with Crippen molar-refractivity contribution in [3.63, 3.8) is 0 Å². The summed E-state index contributed by atoms with van der Waals surface area (Å²) in [5, 5.41) is 13.3. The van der Waals surface area contributed by atoms with Crippen LogP contribution in [0, 0.1) is 0 Å². The van der Waals surface area contributed by atoms with Gasteiger partial charge in [-0.3, -0.25) is 14.3 Å². The van der Waals surface area contributed by atoms with Gasteiger partial charge < -0.3 is 20.7 Å². The van der Waals surface area contributed by atoms with Gasteiger partial charge in [0, 0.05) is 30.7 Å². The van der Waals surface area contributed by atoms with Crippen LogP contribution in [-0.2, 0) is 24.1 Å². The third-order valence-corrected chi connectivity index (χ3v) is 5.41. The Bertz CT molecular complexity index is 1420. The quantitative estimate of drug-likeness (QED) is 0.273. The van der Waals surface area contributed by atoms with E-state index >= 15 is 0 Å². The third kappa shape index (κ3) is 6.85. The molecule has 0 aliphatic heterocycles. The molecule has 2 aromatic heterocycles. The van der Waals surface area contributed by atoms with E-state index in [1.54, 1.807) is 25.4 Å². The van der Waals surface area contributed by atoms with E-state index < -0.39 is 23.5 Å². The highest BCUT2D eigenvalue weighted by Crippen LogP contribution is 2.32. The first-order chi connectivity index (χ1) is 18.2. The molecular weight excluding hydrogens is 501 g/mol. The van der Waals surface area contributed by atoms with E-state index in [0.717, 1.165) is 17.7 Å². The summed E-state index contributed by atoms with van der Waals surface area (Å²) in [7, 11) is 1.78. The van der Waals surface area contributed by atoms with Gasteiger partial charge in [-0.15, -0.1) is 0 Å². The highest BCUT2D eigenvalue weighted by molar-refractivity contribution is 6.05. The molecule has 38 heavy (non-hydrogen) atoms. The van der Waals surface area contributed by atoms with E-state index in [1.807, 2.05) is 30.3 Å². The maximum atomic E-state index is 13.1. The monoisotopic (exact) mass is 526 g/mol. The number of carbonyl (C=O) groups excluding carboxylic acids is 2. The number of ether oxygens (including phenoxy) is 1. The van der Waals surface area contributed by atoms with Crippen molar-refractivity contribution in [2.75, 3.05) is 25.5 Å². The van der Waals surface area contributed by atoms with Crippen molar-refractivity contribution < 1.29 is 27.5 Å². The highest BCUT2D eigenvalue weighted by atomic mass is 19.4. The lowest BCUT2D eigenvalue weighted by Crippen LogP contribution is -2.33. The Morgan fingerprint density at radius 2 is 1.82 bits per heavy atom. The molecule has 4 aromatic rings. The molecule has 0 atom stereocenters. The molecule has 0 spiro atoms. The van der Waals surface area contributed by atoms with Gasteiger partial charge in [0.15, 0.2) is 0 Å². The summed E-state index contributed by atoms with van der Waals surface area (Å²) in [6.07, 6.45) is -3.06. The van der Waals surface area contributed by atoms with Crippen LogP contribution in [0.4, 0.5) is 18.9 Å². The fourth-order valence-electron chi connectivity index (χ4n) is 3.57. The Balaban J connectivity index is 1.61. The molecule has 3 N–H and O–H groups in total. The number of likely N-dealkylation sites (N-methyl/N-ethyl adjacent to an activating group) is 1. The Morgan fingerprint density at radius 1 is 1.03 bits per heavy atom. The van der Waals surface area contributed by atoms with Gasteiger partial charge in [0.05, 0.1) is 11.2 Å². The van der Waals surface area contributed by atoms with Crippen molar-refractivity contribution in [2.45, 2.75) is 19.3 Å². The number of nitrogens with zero attached hydrogens (tertiary/aromatic N) is 3. The smallest absolute Gasteiger partial charge is 0.433 e. The van der Waals surface area contributed by atoms with Crippen LogP contribution in [0.3, 0.4) is 0 Å². The predicted octanol–water partition coefficient (Wildman–Crippen LogP) is 3.62. The largest absolute Gasteiger partial charge is 0.487 e. The maximum absolute atomic E-state index is 13.1. The summed E-state index contributed by atoms with van der Waals surface area (Å²) >= 11 is 0. The Hall–Kier alpha value is -4.45. The number of pyridine rings is 1. The second-order valence-corrected chi connectivity index (χ2v) is 8.32. The summed E-state index contributed by atoms with van der Waals surface area (Å²) in [4.78, 5) is 28.5. The van der Waals surface area contributed by atoms with Gasteiger partial charge in [0.25, 0.3) is 5.91 Å². The fourth-order valence-corrected chi connectivity index (χ4v) is 3.57. The molecule has 0 fully saturated rings. The van der Waals surface area contributed by atoms with E-state index in [2.05, 4.69) is 26.0 Å². The number of hydrogen-bond acceptors (Lipinski definition) is 6. The molecule has 0 bridgehead atoms. The van der Waals surface area contributed by atoms with Gasteiger partial charge >= 0.3 is 6.18 Å². The zero-order valence-corrected chi connectivity index (χ0v) is 20.4. The minimum absolute atomic E-state index is 0.0194. The molecule has 0 aliphatic rings. The summed E-state index contributed by atoms with van der Waals surface area (Å²) < 4.78 is 46.7. The number of amides is 2. The van der Waals surface area contributed by atoms with Gasteiger partial charge in [-0.05, 0) is 30.8 Å². The molecule has 0 saturated carbocycles. The van der Waals surface area contributed by atoms with Crippen LogP contribution in [0.15, 0.2) is 66.9 Å². The van der Waals surface area contributed by atoms with E-state index in [9.17, 15) is 22.8 Å². The van der Waals surface area contributed by atoms with E-state index in [0.29, 0.717) is 24.0 Å². The standard InChI is InChI=1S/C26H25F3N6O3/c1-30-10-11-31-24(36)15-35-14-18-12-21(33-25(37)19-8-5-9-23(32-19)26(27,28)29)22(13-20(18)34-35)38-16-17-6-3-2-4-7-17/h2-9,12-14,30H,10-11,15-16H2,1H3,(H,31,36)(H,33,37). The molecule has 0 aliphatic carbocycles. The number of carbonyl (C=O) groups is 2. The van der Waals surface area contributed by atoms with Crippen molar-refractivity contribution in [2.24, 2.45) is 0 Å². The van der Waals surface area contributed by atoms with Gasteiger partial charge in [0.2, 0.25) is 5.91 Å². The molecule has 0 unspecified atom stereocenters. The van der Waals surface area contributed by atoms with Crippen LogP contribution < -0.4 is 20.7 Å².